The van der Waals surface area contributed by atoms with Gasteiger partial charge < -0.3 is 19.9 Å². The summed E-state index contributed by atoms with van der Waals surface area (Å²) < 4.78 is 6.08. The number of carbonyl (C=O) groups excluding carboxylic acids is 2. The first-order valence-corrected chi connectivity index (χ1v) is 10.7. The van der Waals surface area contributed by atoms with Crippen LogP contribution in [0.4, 0.5) is 5.82 Å². The van der Waals surface area contributed by atoms with E-state index in [0.717, 1.165) is 45.2 Å². The largest absolute Gasteiger partial charge is 0.376 e. The molecule has 0 unspecified atom stereocenters. The second kappa shape index (κ2) is 10.0. The van der Waals surface area contributed by atoms with Gasteiger partial charge in [-0.05, 0) is 38.5 Å². The highest BCUT2D eigenvalue weighted by atomic mass is 16.5. The van der Waals surface area contributed by atoms with Crippen LogP contribution in [0, 0.1) is 5.92 Å². The Morgan fingerprint density at radius 3 is 2.69 bits per heavy atom. The summed E-state index contributed by atoms with van der Waals surface area (Å²) in [6.07, 6.45) is 8.67. The van der Waals surface area contributed by atoms with E-state index in [9.17, 15) is 9.59 Å². The number of hydrogen-bond donors (Lipinski definition) is 1. The molecule has 3 atom stereocenters. The minimum Gasteiger partial charge on any atom is -0.376 e. The van der Waals surface area contributed by atoms with Crippen LogP contribution in [0.5, 0.6) is 0 Å². The molecule has 1 aliphatic heterocycles. The van der Waals surface area contributed by atoms with Crippen LogP contribution in [0.25, 0.3) is 0 Å². The molecule has 8 heteroatoms. The number of carbonyl (C=O) groups is 2. The van der Waals surface area contributed by atoms with Gasteiger partial charge in [-0.1, -0.05) is 6.92 Å². The number of aromatic nitrogens is 2. The Balaban J connectivity index is 1.72. The molecule has 2 amide bonds. The number of ether oxygens (including phenoxy) is 1. The van der Waals surface area contributed by atoms with Gasteiger partial charge in [0.2, 0.25) is 5.91 Å². The van der Waals surface area contributed by atoms with Crippen LogP contribution in [0.2, 0.25) is 0 Å². The second-order valence-corrected chi connectivity index (χ2v) is 8.19. The molecule has 1 aromatic rings. The molecular weight excluding hydrogens is 370 g/mol. The van der Waals surface area contributed by atoms with Crippen molar-refractivity contribution in [2.45, 2.75) is 57.6 Å². The first-order chi connectivity index (χ1) is 14.0. The molecule has 1 aliphatic carbocycles. The van der Waals surface area contributed by atoms with Crippen molar-refractivity contribution in [3.8, 4) is 0 Å². The monoisotopic (exact) mass is 403 g/mol. The van der Waals surface area contributed by atoms with Crippen LogP contribution < -0.4 is 5.32 Å². The summed E-state index contributed by atoms with van der Waals surface area (Å²) in [5.74, 6) is 0.630. The molecule has 0 radical (unpaired) electrons. The van der Waals surface area contributed by atoms with Crippen LogP contribution >= 0.6 is 0 Å². The van der Waals surface area contributed by atoms with Gasteiger partial charge in [0.1, 0.15) is 11.5 Å². The van der Waals surface area contributed by atoms with Crippen molar-refractivity contribution in [3.63, 3.8) is 0 Å². The van der Waals surface area contributed by atoms with Crippen molar-refractivity contribution in [2.75, 3.05) is 39.1 Å². The summed E-state index contributed by atoms with van der Waals surface area (Å²) in [7, 11) is 3.38. The predicted octanol–water partition coefficient (Wildman–Crippen LogP) is 2.18. The lowest BCUT2D eigenvalue weighted by molar-refractivity contribution is -0.136. The summed E-state index contributed by atoms with van der Waals surface area (Å²) in [6, 6.07) is -0.0362. The van der Waals surface area contributed by atoms with Gasteiger partial charge in [-0.2, -0.15) is 0 Å². The second-order valence-electron chi connectivity index (χ2n) is 8.19. The number of nitrogens with zero attached hydrogens (tertiary/aromatic N) is 4. The first-order valence-electron chi connectivity index (χ1n) is 10.7. The summed E-state index contributed by atoms with van der Waals surface area (Å²) in [5.41, 5.74) is 0.298. The number of anilines is 1. The summed E-state index contributed by atoms with van der Waals surface area (Å²) in [5, 5.41) is 3.41. The molecule has 8 nitrogen and oxygen atoms in total. The van der Waals surface area contributed by atoms with E-state index in [2.05, 4.69) is 22.2 Å². The molecule has 0 bridgehead atoms. The topological polar surface area (TPSA) is 87.7 Å². The lowest BCUT2D eigenvalue weighted by atomic mass is 9.82. The SMILES string of the molecule is CCCO[C@@H]1CC[C@H](C(=O)N2CCCC2)C[C@H]1Nc1cncc(C(=O)N(C)C)n1. The van der Waals surface area contributed by atoms with E-state index < -0.39 is 0 Å². The molecule has 0 spiro atoms. The normalized spacial score (nSPS) is 24.4. The van der Waals surface area contributed by atoms with Crippen molar-refractivity contribution in [1.82, 2.24) is 19.8 Å². The maximum atomic E-state index is 12.9. The smallest absolute Gasteiger partial charge is 0.273 e. The Hall–Kier alpha value is -2.22. The van der Waals surface area contributed by atoms with Crippen molar-refractivity contribution < 1.29 is 14.3 Å². The molecule has 29 heavy (non-hydrogen) atoms. The molecule has 1 N–H and O–H groups in total. The quantitative estimate of drug-likeness (QED) is 0.751. The number of hydrogen-bond acceptors (Lipinski definition) is 6. The van der Waals surface area contributed by atoms with Crippen LogP contribution in [0.3, 0.4) is 0 Å². The van der Waals surface area contributed by atoms with E-state index in [1.165, 1.54) is 11.1 Å². The average Bonchev–Trinajstić information content (AvgIpc) is 3.26. The molecule has 1 aromatic heterocycles. The van der Waals surface area contributed by atoms with E-state index in [1.807, 2.05) is 4.90 Å². The highest BCUT2D eigenvalue weighted by Crippen LogP contribution is 2.31. The van der Waals surface area contributed by atoms with Crippen LogP contribution in [-0.2, 0) is 9.53 Å². The molecule has 3 rings (SSSR count). The minimum absolute atomic E-state index is 0.00613. The fourth-order valence-corrected chi connectivity index (χ4v) is 4.14. The Labute approximate surface area is 173 Å². The van der Waals surface area contributed by atoms with Gasteiger partial charge in [-0.3, -0.25) is 14.6 Å². The predicted molar refractivity (Wildman–Crippen MR) is 111 cm³/mol. The molecular formula is C21H33N5O3. The fourth-order valence-electron chi connectivity index (χ4n) is 4.14. The fraction of sp³-hybridized carbons (Fsp3) is 0.714. The first kappa shape index (κ1) is 21.5. The lowest BCUT2D eigenvalue weighted by Crippen LogP contribution is -2.46. The standard InChI is InChI=1S/C21H33N5O3/c1-4-11-29-18-8-7-15(20(27)26-9-5-6-10-26)12-16(18)23-19-14-22-13-17(24-19)21(28)25(2)3/h13-16,18H,4-12H2,1-3H3,(H,23,24)/t15-,16+,18+/m0/s1. The molecule has 2 heterocycles. The Kier molecular flexibility index (Phi) is 7.41. The van der Waals surface area contributed by atoms with Gasteiger partial charge >= 0.3 is 0 Å². The van der Waals surface area contributed by atoms with Gasteiger partial charge in [-0.25, -0.2) is 4.98 Å². The Morgan fingerprint density at radius 2 is 2.00 bits per heavy atom. The average molecular weight is 404 g/mol. The van der Waals surface area contributed by atoms with Gasteiger partial charge in [0.05, 0.1) is 24.5 Å². The Bertz CT molecular complexity index is 705. The third kappa shape index (κ3) is 5.44. The van der Waals surface area contributed by atoms with Crippen molar-refractivity contribution in [1.29, 1.82) is 0 Å². The summed E-state index contributed by atoms with van der Waals surface area (Å²) in [6.45, 7) is 4.54. The highest BCUT2D eigenvalue weighted by Gasteiger charge is 2.37. The molecule has 2 fully saturated rings. The van der Waals surface area contributed by atoms with Crippen LogP contribution in [0.1, 0.15) is 55.9 Å². The molecule has 0 aromatic carbocycles. The van der Waals surface area contributed by atoms with E-state index in [-0.39, 0.29) is 29.9 Å². The van der Waals surface area contributed by atoms with Crippen molar-refractivity contribution >= 4 is 17.6 Å². The summed E-state index contributed by atoms with van der Waals surface area (Å²) in [4.78, 5) is 37.2. The Morgan fingerprint density at radius 1 is 1.24 bits per heavy atom. The number of amides is 2. The van der Waals surface area contributed by atoms with E-state index in [4.69, 9.17) is 4.74 Å². The molecule has 2 aliphatic rings. The number of rotatable bonds is 7. The zero-order valence-corrected chi connectivity index (χ0v) is 17.8. The molecule has 160 valence electrons. The van der Waals surface area contributed by atoms with E-state index in [1.54, 1.807) is 20.3 Å². The van der Waals surface area contributed by atoms with Gasteiger partial charge in [0.15, 0.2) is 0 Å². The number of likely N-dealkylation sites (tertiary alicyclic amines) is 1. The van der Waals surface area contributed by atoms with Gasteiger partial charge in [-0.15, -0.1) is 0 Å². The van der Waals surface area contributed by atoms with Crippen molar-refractivity contribution in [2.24, 2.45) is 5.92 Å². The van der Waals surface area contributed by atoms with E-state index >= 15 is 0 Å². The maximum absolute atomic E-state index is 12.9. The van der Waals surface area contributed by atoms with Gasteiger partial charge in [0, 0.05) is 39.7 Å². The maximum Gasteiger partial charge on any atom is 0.273 e. The van der Waals surface area contributed by atoms with E-state index in [0.29, 0.717) is 24.5 Å². The zero-order valence-electron chi connectivity index (χ0n) is 17.8. The van der Waals surface area contributed by atoms with Crippen LogP contribution in [0.15, 0.2) is 12.4 Å². The third-order valence-corrected chi connectivity index (χ3v) is 5.68. The van der Waals surface area contributed by atoms with Crippen LogP contribution in [-0.4, -0.2) is 77.5 Å². The van der Waals surface area contributed by atoms with Crippen molar-refractivity contribution in [3.05, 3.63) is 18.1 Å². The minimum atomic E-state index is -0.189. The highest BCUT2D eigenvalue weighted by molar-refractivity contribution is 5.91. The molecule has 1 saturated heterocycles. The lowest BCUT2D eigenvalue weighted by Gasteiger charge is -2.37. The third-order valence-electron chi connectivity index (χ3n) is 5.68. The zero-order chi connectivity index (χ0) is 20.8. The number of nitrogens with one attached hydrogen (secondary N) is 1. The molecule has 1 saturated carbocycles. The summed E-state index contributed by atoms with van der Waals surface area (Å²) >= 11 is 0. The van der Waals surface area contributed by atoms with Gasteiger partial charge in [0.25, 0.3) is 5.91 Å².